The summed E-state index contributed by atoms with van der Waals surface area (Å²) < 4.78 is 0. The Morgan fingerprint density at radius 2 is 0.429 bits per heavy atom. The van der Waals surface area contributed by atoms with Crippen LogP contribution >= 0.6 is 0 Å². The average molecular weight is 698 g/mol. The molecule has 0 spiro atoms. The Hall–Kier alpha value is 6.09. The maximum absolute atomic E-state index is 0. The molecule has 0 N–H and O–H groups in total. The van der Waals surface area contributed by atoms with Gasteiger partial charge in [-0.15, -0.1) is 0 Å². The second-order valence-corrected chi connectivity index (χ2v) is 0. The van der Waals surface area contributed by atoms with Gasteiger partial charge in [-0.2, -0.15) is 0 Å². The first-order chi connectivity index (χ1) is 0. The Morgan fingerprint density at radius 3 is 0.429 bits per heavy atom. The van der Waals surface area contributed by atoms with Crippen LogP contribution in [-0.4, -0.2) is 0 Å². The van der Waals surface area contributed by atoms with Crippen LogP contribution in [0.15, 0.2) is 0 Å². The van der Waals surface area contributed by atoms with Crippen LogP contribution in [0.5, 0.6) is 0 Å². The topological polar surface area (TPSA) is 85.5 Å². The molecule has 0 aliphatic heterocycles. The quantitative estimate of drug-likeness (QED) is 0.332. The first-order valence-corrected chi connectivity index (χ1v) is 0. The van der Waals surface area contributed by atoms with Crippen molar-refractivity contribution < 1.29 is 209 Å². The summed E-state index contributed by atoms with van der Waals surface area (Å²) in [5.74, 6) is 0. The summed E-state index contributed by atoms with van der Waals surface area (Å²) in [6, 6.07) is 0. The smallest absolute Gasteiger partial charge is 2.00 e. The molecule has 0 heterocycles. The number of hydrogen-bond donors (Lipinski definition) is 0. The van der Waals surface area contributed by atoms with Gasteiger partial charge in [0.15, 0.2) is 0 Å². The molecule has 0 rings (SSSR count). The molecule has 0 aromatic heterocycles. The number of rotatable bonds is 0. The first kappa shape index (κ1) is 51.6. The maximum atomic E-state index is 0. The molecular formula is Eu2O3Yb2. The van der Waals surface area contributed by atoms with E-state index in [4.69, 9.17) is 0 Å². The van der Waals surface area contributed by atoms with E-state index in [1.54, 1.807) is 0 Å². The minimum Gasteiger partial charge on any atom is -2.00 e. The summed E-state index contributed by atoms with van der Waals surface area (Å²) >= 11 is 0. The first-order valence-electron chi connectivity index (χ1n) is 0. The second kappa shape index (κ2) is 40.1. The Morgan fingerprint density at radius 1 is 0.429 bits per heavy atom. The average Bonchev–Trinajstić information content (AvgIpc) is 0. The molecule has 0 aromatic rings. The summed E-state index contributed by atoms with van der Waals surface area (Å²) in [5.41, 5.74) is 0. The normalized spacial score (nSPS) is 0. The Labute approximate surface area is 201 Å². The third kappa shape index (κ3) is 33.2. The molecule has 0 aliphatic rings. The van der Waals surface area contributed by atoms with Crippen LogP contribution in [0.2, 0.25) is 0 Å². The Balaban J connectivity index is 0. The van der Waals surface area contributed by atoms with Gasteiger partial charge >= 0.3 is 98.8 Å². The largest absolute Gasteiger partial charge is 3.00 e. The van der Waals surface area contributed by atoms with Gasteiger partial charge < -0.3 is 16.4 Å². The van der Waals surface area contributed by atoms with Crippen LogP contribution in [0, 0.1) is 193 Å². The van der Waals surface area contributed by atoms with Crippen LogP contribution < -0.4 is 0 Å². The predicted molar refractivity (Wildman–Crippen MR) is 2.06 cm³/mol. The van der Waals surface area contributed by atoms with E-state index in [0.717, 1.165) is 0 Å². The molecule has 7 heavy (non-hydrogen) atoms. The van der Waals surface area contributed by atoms with E-state index >= 15 is 0 Å². The van der Waals surface area contributed by atoms with E-state index in [1.807, 2.05) is 0 Å². The molecule has 0 fully saturated rings. The van der Waals surface area contributed by atoms with E-state index < -0.39 is 0 Å². The molecule has 0 saturated heterocycles. The molecule has 0 bridgehead atoms. The van der Waals surface area contributed by atoms with Gasteiger partial charge in [-0.25, -0.2) is 0 Å². The van der Waals surface area contributed by atoms with Crippen molar-refractivity contribution in [1.82, 2.24) is 0 Å². The molecule has 0 atom stereocenters. The molecule has 0 amide bonds. The SMILES string of the molecule is [Eu+3].[Eu+3].[O-2].[O-2].[O-2].[Yb].[Yb]. The molecule has 3 nitrogen and oxygen atoms in total. The Bertz CT molecular complexity index is 10.9. The standard InChI is InChI=1S/2Eu.3O.2Yb/q2*+3;3*-2;;. The number of hydrogen-bond acceptors (Lipinski definition) is 0. The van der Waals surface area contributed by atoms with Gasteiger partial charge in [0, 0.05) is 93.8 Å². The fourth-order valence-corrected chi connectivity index (χ4v) is 0. The van der Waals surface area contributed by atoms with Gasteiger partial charge in [0.25, 0.3) is 0 Å². The fourth-order valence-electron chi connectivity index (χ4n) is 0. The molecule has 0 saturated carbocycles. The van der Waals surface area contributed by atoms with Crippen molar-refractivity contribution >= 4 is 0 Å². The Kier molecular flexibility index (Phi) is 296. The predicted octanol–water partition coefficient (Wildman–Crippen LogP) is -0.356. The molecular weight excluding hydrogens is 698 g/mol. The minimum atomic E-state index is 0. The van der Waals surface area contributed by atoms with Crippen LogP contribution in [0.3, 0.4) is 0 Å². The molecule has 0 unspecified atom stereocenters. The molecule has 0 aliphatic carbocycles. The van der Waals surface area contributed by atoms with Crippen molar-refractivity contribution in [1.29, 1.82) is 0 Å². The van der Waals surface area contributed by atoms with Gasteiger partial charge in [0.1, 0.15) is 0 Å². The van der Waals surface area contributed by atoms with Gasteiger partial charge in [-0.3, -0.25) is 0 Å². The van der Waals surface area contributed by atoms with Crippen LogP contribution in [-0.2, 0) is 16.4 Å². The van der Waals surface area contributed by atoms with Gasteiger partial charge in [0.2, 0.25) is 0 Å². The summed E-state index contributed by atoms with van der Waals surface area (Å²) in [4.78, 5) is 0. The fraction of sp³-hybridized carbons (Fsp3) is 0. The van der Waals surface area contributed by atoms with Crippen molar-refractivity contribution in [2.24, 2.45) is 0 Å². The van der Waals surface area contributed by atoms with Crippen molar-refractivity contribution in [2.45, 2.75) is 0 Å². The van der Waals surface area contributed by atoms with E-state index in [-0.39, 0.29) is 209 Å². The molecule has 60 valence electrons. The van der Waals surface area contributed by atoms with Crippen molar-refractivity contribution in [3.63, 3.8) is 0 Å². The summed E-state index contributed by atoms with van der Waals surface area (Å²) in [5, 5.41) is 0. The van der Waals surface area contributed by atoms with Crippen LogP contribution in [0.25, 0.3) is 0 Å². The third-order valence-electron chi connectivity index (χ3n) is 0. The van der Waals surface area contributed by atoms with E-state index in [0.29, 0.717) is 0 Å². The van der Waals surface area contributed by atoms with Gasteiger partial charge in [0.05, 0.1) is 0 Å². The van der Waals surface area contributed by atoms with Crippen molar-refractivity contribution in [3.05, 3.63) is 0 Å². The van der Waals surface area contributed by atoms with Gasteiger partial charge in [-0.05, 0) is 0 Å². The summed E-state index contributed by atoms with van der Waals surface area (Å²) in [6.45, 7) is 0. The minimum absolute atomic E-state index is 0. The second-order valence-electron chi connectivity index (χ2n) is 0. The van der Waals surface area contributed by atoms with Gasteiger partial charge in [-0.1, -0.05) is 0 Å². The third-order valence-corrected chi connectivity index (χ3v) is 0. The maximum Gasteiger partial charge on any atom is 3.00 e. The summed E-state index contributed by atoms with van der Waals surface area (Å²) in [7, 11) is 0. The molecule has 0 radical (unpaired) electrons. The monoisotopic (exact) mass is 702 g/mol. The summed E-state index contributed by atoms with van der Waals surface area (Å²) in [6.07, 6.45) is 0. The van der Waals surface area contributed by atoms with E-state index in [2.05, 4.69) is 0 Å². The van der Waals surface area contributed by atoms with E-state index in [1.165, 1.54) is 0 Å². The van der Waals surface area contributed by atoms with Crippen molar-refractivity contribution in [2.75, 3.05) is 0 Å². The molecule has 7 heteroatoms. The van der Waals surface area contributed by atoms with Crippen molar-refractivity contribution in [3.8, 4) is 0 Å². The zero-order valence-electron chi connectivity index (χ0n) is 2.52. The zero-order valence-corrected chi connectivity index (χ0v) is 10.8. The van der Waals surface area contributed by atoms with E-state index in [9.17, 15) is 0 Å². The van der Waals surface area contributed by atoms with Crippen LogP contribution in [0.1, 0.15) is 0 Å². The molecule has 0 aromatic carbocycles. The van der Waals surface area contributed by atoms with Crippen LogP contribution in [0.4, 0.5) is 0 Å². The zero-order chi connectivity index (χ0) is 0.